The van der Waals surface area contributed by atoms with Gasteiger partial charge in [-0.15, -0.1) is 0 Å². The highest BCUT2D eigenvalue weighted by atomic mass is 16.5. The van der Waals surface area contributed by atoms with Crippen LogP contribution in [0.3, 0.4) is 0 Å². The van der Waals surface area contributed by atoms with Crippen molar-refractivity contribution in [1.29, 1.82) is 0 Å². The van der Waals surface area contributed by atoms with Crippen molar-refractivity contribution in [2.24, 2.45) is 5.92 Å². The van der Waals surface area contributed by atoms with Crippen LogP contribution in [0.15, 0.2) is 18.2 Å². The summed E-state index contributed by atoms with van der Waals surface area (Å²) in [6, 6.07) is 4.73. The Morgan fingerprint density at radius 2 is 2.10 bits per heavy atom. The molecule has 1 fully saturated rings. The minimum atomic E-state index is -0.996. The van der Waals surface area contributed by atoms with Gasteiger partial charge in [0.1, 0.15) is 0 Å². The van der Waals surface area contributed by atoms with E-state index < -0.39 is 5.97 Å². The number of aromatic carboxylic acids is 1. The SMILES string of the molecule is CCOC1CC(CC(=O)Nc2cc(C(=O)O)ccc2C)C1. The van der Waals surface area contributed by atoms with E-state index >= 15 is 0 Å². The Hall–Kier alpha value is -1.88. The van der Waals surface area contributed by atoms with Gasteiger partial charge in [0.25, 0.3) is 0 Å². The molecule has 0 heterocycles. The summed E-state index contributed by atoms with van der Waals surface area (Å²) in [6.07, 6.45) is 2.61. The molecule has 21 heavy (non-hydrogen) atoms. The molecule has 5 heteroatoms. The Kier molecular flexibility index (Phi) is 4.96. The number of hydrogen-bond acceptors (Lipinski definition) is 3. The van der Waals surface area contributed by atoms with E-state index in [0.29, 0.717) is 30.7 Å². The van der Waals surface area contributed by atoms with Crippen LogP contribution in [0.4, 0.5) is 5.69 Å². The molecule has 0 aromatic heterocycles. The lowest BCUT2D eigenvalue weighted by molar-refractivity contribution is -0.119. The van der Waals surface area contributed by atoms with Crippen LogP contribution >= 0.6 is 0 Å². The molecule has 1 amide bonds. The topological polar surface area (TPSA) is 75.6 Å². The van der Waals surface area contributed by atoms with Gasteiger partial charge in [0.05, 0.1) is 11.7 Å². The number of ether oxygens (including phenoxy) is 1. The molecule has 2 N–H and O–H groups in total. The maximum absolute atomic E-state index is 12.0. The van der Waals surface area contributed by atoms with Gasteiger partial charge in [0.15, 0.2) is 0 Å². The summed E-state index contributed by atoms with van der Waals surface area (Å²) in [5.74, 6) is -0.700. The fourth-order valence-corrected chi connectivity index (χ4v) is 2.57. The fourth-order valence-electron chi connectivity index (χ4n) is 2.57. The van der Waals surface area contributed by atoms with Crippen LogP contribution in [-0.2, 0) is 9.53 Å². The zero-order valence-electron chi connectivity index (χ0n) is 12.4. The van der Waals surface area contributed by atoms with Crippen molar-refractivity contribution in [3.05, 3.63) is 29.3 Å². The van der Waals surface area contributed by atoms with E-state index in [2.05, 4.69) is 5.32 Å². The highest BCUT2D eigenvalue weighted by Crippen LogP contribution is 2.33. The molecular weight excluding hydrogens is 270 g/mol. The van der Waals surface area contributed by atoms with Crippen LogP contribution in [-0.4, -0.2) is 29.7 Å². The predicted molar refractivity (Wildman–Crippen MR) is 79.5 cm³/mol. The van der Waals surface area contributed by atoms with Gasteiger partial charge in [-0.25, -0.2) is 4.79 Å². The molecular formula is C16H21NO4. The van der Waals surface area contributed by atoms with Gasteiger partial charge in [-0.3, -0.25) is 4.79 Å². The molecule has 114 valence electrons. The zero-order valence-corrected chi connectivity index (χ0v) is 12.4. The van der Waals surface area contributed by atoms with Crippen LogP contribution in [0.25, 0.3) is 0 Å². The fraction of sp³-hybridized carbons (Fsp3) is 0.500. The minimum absolute atomic E-state index is 0.0689. The molecule has 5 nitrogen and oxygen atoms in total. The van der Waals surface area contributed by atoms with Crippen molar-refractivity contribution < 1.29 is 19.4 Å². The summed E-state index contributed by atoms with van der Waals surface area (Å²) in [4.78, 5) is 23.0. The summed E-state index contributed by atoms with van der Waals surface area (Å²) in [7, 11) is 0. The third-order valence-electron chi connectivity index (χ3n) is 3.83. The van der Waals surface area contributed by atoms with Crippen molar-refractivity contribution >= 4 is 17.6 Å². The van der Waals surface area contributed by atoms with Crippen molar-refractivity contribution in [3.8, 4) is 0 Å². The van der Waals surface area contributed by atoms with E-state index in [-0.39, 0.29) is 11.5 Å². The molecule has 1 saturated carbocycles. The molecule has 0 atom stereocenters. The number of hydrogen-bond donors (Lipinski definition) is 2. The number of rotatable bonds is 6. The van der Waals surface area contributed by atoms with Crippen LogP contribution in [0, 0.1) is 12.8 Å². The lowest BCUT2D eigenvalue weighted by Crippen LogP contribution is -2.34. The number of aryl methyl sites for hydroxylation is 1. The molecule has 1 aromatic carbocycles. The quantitative estimate of drug-likeness (QED) is 0.845. The van der Waals surface area contributed by atoms with Gasteiger partial charge in [-0.05, 0) is 50.3 Å². The Morgan fingerprint density at radius 1 is 1.38 bits per heavy atom. The smallest absolute Gasteiger partial charge is 0.335 e. The molecule has 2 rings (SSSR count). The van der Waals surface area contributed by atoms with Crippen LogP contribution in [0.1, 0.15) is 42.1 Å². The molecule has 0 unspecified atom stereocenters. The molecule has 1 aromatic rings. The van der Waals surface area contributed by atoms with Gasteiger partial charge < -0.3 is 15.2 Å². The standard InChI is InChI=1S/C16H21NO4/c1-3-21-13-6-11(7-13)8-15(18)17-14-9-12(16(19)20)5-4-10(14)2/h4-5,9,11,13H,3,6-8H2,1-2H3,(H,17,18)(H,19,20). The molecule has 0 saturated heterocycles. The minimum Gasteiger partial charge on any atom is -0.478 e. The van der Waals surface area contributed by atoms with Crippen molar-refractivity contribution in [3.63, 3.8) is 0 Å². The predicted octanol–water partition coefficient (Wildman–Crippen LogP) is 2.84. The molecule has 0 radical (unpaired) electrons. The highest BCUT2D eigenvalue weighted by Gasteiger charge is 2.31. The van der Waals surface area contributed by atoms with E-state index in [9.17, 15) is 9.59 Å². The second-order valence-electron chi connectivity index (χ2n) is 5.50. The summed E-state index contributed by atoms with van der Waals surface area (Å²) in [5.41, 5.74) is 1.60. The number of anilines is 1. The molecule has 0 bridgehead atoms. The van der Waals surface area contributed by atoms with Crippen molar-refractivity contribution in [2.45, 2.75) is 39.2 Å². The van der Waals surface area contributed by atoms with Crippen molar-refractivity contribution in [2.75, 3.05) is 11.9 Å². The van der Waals surface area contributed by atoms with Gasteiger partial charge in [0, 0.05) is 18.7 Å². The number of benzene rings is 1. The first kappa shape index (κ1) is 15.5. The van der Waals surface area contributed by atoms with Gasteiger partial charge in [-0.2, -0.15) is 0 Å². The number of amides is 1. The maximum Gasteiger partial charge on any atom is 0.335 e. The van der Waals surface area contributed by atoms with E-state index in [1.165, 1.54) is 12.1 Å². The Morgan fingerprint density at radius 3 is 2.71 bits per heavy atom. The lowest BCUT2D eigenvalue weighted by atomic mass is 9.80. The molecule has 0 spiro atoms. The molecule has 0 aliphatic heterocycles. The van der Waals surface area contributed by atoms with E-state index in [0.717, 1.165) is 18.4 Å². The monoisotopic (exact) mass is 291 g/mol. The second kappa shape index (κ2) is 6.72. The maximum atomic E-state index is 12.0. The Balaban J connectivity index is 1.88. The summed E-state index contributed by atoms with van der Waals surface area (Å²) >= 11 is 0. The van der Waals surface area contributed by atoms with Crippen LogP contribution < -0.4 is 5.32 Å². The van der Waals surface area contributed by atoms with Crippen LogP contribution in [0.2, 0.25) is 0 Å². The average Bonchev–Trinajstić information content (AvgIpc) is 2.38. The first-order chi connectivity index (χ1) is 9.99. The molecule has 1 aliphatic carbocycles. The van der Waals surface area contributed by atoms with Gasteiger partial charge in [0.2, 0.25) is 5.91 Å². The third kappa shape index (κ3) is 4.04. The molecule has 1 aliphatic rings. The summed E-state index contributed by atoms with van der Waals surface area (Å²) in [5, 5.41) is 11.8. The van der Waals surface area contributed by atoms with E-state index in [4.69, 9.17) is 9.84 Å². The summed E-state index contributed by atoms with van der Waals surface area (Å²) < 4.78 is 5.47. The number of carbonyl (C=O) groups excluding carboxylic acids is 1. The average molecular weight is 291 g/mol. The van der Waals surface area contributed by atoms with E-state index in [1.54, 1.807) is 6.07 Å². The summed E-state index contributed by atoms with van der Waals surface area (Å²) in [6.45, 7) is 4.53. The van der Waals surface area contributed by atoms with Gasteiger partial charge >= 0.3 is 5.97 Å². The highest BCUT2D eigenvalue weighted by molar-refractivity contribution is 5.94. The second-order valence-corrected chi connectivity index (χ2v) is 5.50. The normalized spacial score (nSPS) is 20.7. The lowest BCUT2D eigenvalue weighted by Gasteiger charge is -2.34. The number of carbonyl (C=O) groups is 2. The first-order valence-electron chi connectivity index (χ1n) is 7.25. The Labute approximate surface area is 124 Å². The van der Waals surface area contributed by atoms with Gasteiger partial charge in [-0.1, -0.05) is 6.07 Å². The zero-order chi connectivity index (χ0) is 15.4. The van der Waals surface area contributed by atoms with E-state index in [1.807, 2.05) is 13.8 Å². The first-order valence-corrected chi connectivity index (χ1v) is 7.25. The van der Waals surface area contributed by atoms with Crippen LogP contribution in [0.5, 0.6) is 0 Å². The number of carboxylic acids is 1. The largest absolute Gasteiger partial charge is 0.478 e. The number of carboxylic acid groups (broad SMARTS) is 1. The third-order valence-corrected chi connectivity index (χ3v) is 3.83. The number of nitrogens with one attached hydrogen (secondary N) is 1. The van der Waals surface area contributed by atoms with Crippen molar-refractivity contribution in [1.82, 2.24) is 0 Å². The Bertz CT molecular complexity index is 535.